The maximum atomic E-state index is 2.33. The molecule has 0 heteroatoms. The molecule has 0 aromatic heterocycles. The quantitative estimate of drug-likeness (QED) is 0.488. The second kappa shape index (κ2) is 3.02. The Kier molecular flexibility index (Phi) is 1.99. The summed E-state index contributed by atoms with van der Waals surface area (Å²) in [5.74, 6) is 0.591. The van der Waals surface area contributed by atoms with E-state index in [-0.39, 0.29) is 0 Å². The zero-order chi connectivity index (χ0) is 9.42. The molecule has 1 unspecified atom stereocenters. The number of hydrogen-bond acceptors (Lipinski definition) is 0. The van der Waals surface area contributed by atoms with E-state index in [1.807, 2.05) is 0 Å². The first-order valence-electron chi connectivity index (χ1n) is 4.91. The van der Waals surface area contributed by atoms with Gasteiger partial charge in [-0.3, -0.25) is 0 Å². The molecule has 0 nitrogen and oxygen atoms in total. The molecular formula is C13H16. The van der Waals surface area contributed by atoms with E-state index in [2.05, 4.69) is 45.1 Å². The molecule has 0 saturated heterocycles. The molecule has 0 aromatic carbocycles. The molecule has 2 aliphatic rings. The molecule has 0 spiro atoms. The first-order valence-corrected chi connectivity index (χ1v) is 4.91. The third kappa shape index (κ3) is 1.41. The zero-order valence-electron chi connectivity index (χ0n) is 8.59. The van der Waals surface area contributed by atoms with Crippen LogP contribution in [0.5, 0.6) is 0 Å². The Bertz CT molecular complexity index is 348. The van der Waals surface area contributed by atoms with Gasteiger partial charge in [0.25, 0.3) is 0 Å². The van der Waals surface area contributed by atoms with Crippen molar-refractivity contribution in [3.8, 4) is 0 Å². The number of fused-ring (bicyclic) bond motifs is 1. The largest absolute Gasteiger partial charge is 0.0835 e. The molecule has 0 aliphatic heterocycles. The van der Waals surface area contributed by atoms with Gasteiger partial charge in [0.05, 0.1) is 0 Å². The predicted molar refractivity (Wildman–Crippen MR) is 57.5 cm³/mol. The van der Waals surface area contributed by atoms with Crippen molar-refractivity contribution >= 4 is 0 Å². The number of hydrogen-bond donors (Lipinski definition) is 0. The van der Waals surface area contributed by atoms with Crippen LogP contribution in [0.15, 0.2) is 46.6 Å². The van der Waals surface area contributed by atoms with Crippen LogP contribution in [0.25, 0.3) is 0 Å². The topological polar surface area (TPSA) is 0 Å². The molecule has 2 rings (SSSR count). The molecule has 1 atom stereocenters. The predicted octanol–water partition coefficient (Wildman–Crippen LogP) is 3.79. The Morgan fingerprint density at radius 3 is 2.69 bits per heavy atom. The summed E-state index contributed by atoms with van der Waals surface area (Å²) in [4.78, 5) is 0. The molecule has 0 heterocycles. The van der Waals surface area contributed by atoms with Crippen molar-refractivity contribution < 1.29 is 0 Å². The minimum atomic E-state index is 0.591. The molecule has 13 heavy (non-hydrogen) atoms. The van der Waals surface area contributed by atoms with Gasteiger partial charge in [-0.05, 0) is 27.2 Å². The van der Waals surface area contributed by atoms with Crippen LogP contribution in [0.3, 0.4) is 0 Å². The van der Waals surface area contributed by atoms with E-state index in [9.17, 15) is 0 Å². The van der Waals surface area contributed by atoms with Gasteiger partial charge in [-0.25, -0.2) is 0 Å². The molecule has 0 radical (unpaired) electrons. The molecule has 0 saturated carbocycles. The normalized spacial score (nSPS) is 26.8. The molecule has 0 aromatic rings. The van der Waals surface area contributed by atoms with Gasteiger partial charge >= 0.3 is 0 Å². The van der Waals surface area contributed by atoms with Crippen LogP contribution in [0.4, 0.5) is 0 Å². The molecule has 0 N–H and O–H groups in total. The summed E-state index contributed by atoms with van der Waals surface area (Å²) < 4.78 is 0. The Hall–Kier alpha value is -1.04. The van der Waals surface area contributed by atoms with Crippen LogP contribution in [-0.4, -0.2) is 0 Å². The standard InChI is InChI=1S/C13H16/c1-9-7-10(2)12-5-4-6-13(12)11(3)8-9/h4-5,7-8,12H,6H2,1-3H3. The van der Waals surface area contributed by atoms with Gasteiger partial charge in [-0.1, -0.05) is 46.6 Å². The summed E-state index contributed by atoms with van der Waals surface area (Å²) in [5.41, 5.74) is 5.91. The van der Waals surface area contributed by atoms with Gasteiger partial charge in [0.15, 0.2) is 0 Å². The fourth-order valence-corrected chi connectivity index (χ4v) is 2.33. The number of allylic oxidation sites excluding steroid dienone is 8. The fraction of sp³-hybridized carbons (Fsp3) is 0.385. The van der Waals surface area contributed by atoms with Gasteiger partial charge in [0.1, 0.15) is 0 Å². The summed E-state index contributed by atoms with van der Waals surface area (Å²) >= 11 is 0. The van der Waals surface area contributed by atoms with Crippen LogP contribution in [0.2, 0.25) is 0 Å². The van der Waals surface area contributed by atoms with Crippen LogP contribution >= 0.6 is 0 Å². The van der Waals surface area contributed by atoms with Crippen LogP contribution < -0.4 is 0 Å². The molecule has 0 amide bonds. The van der Waals surface area contributed by atoms with Crippen molar-refractivity contribution in [3.05, 3.63) is 46.6 Å². The molecule has 68 valence electrons. The Balaban J connectivity index is 2.51. The minimum absolute atomic E-state index is 0.591. The van der Waals surface area contributed by atoms with Crippen LogP contribution in [-0.2, 0) is 0 Å². The van der Waals surface area contributed by atoms with Crippen LogP contribution in [0, 0.1) is 5.92 Å². The lowest BCUT2D eigenvalue weighted by atomic mass is 9.93. The van der Waals surface area contributed by atoms with E-state index in [4.69, 9.17) is 0 Å². The lowest BCUT2D eigenvalue weighted by Gasteiger charge is -2.11. The smallest absolute Gasteiger partial charge is 0.0196 e. The number of rotatable bonds is 0. The Labute approximate surface area is 80.3 Å². The highest BCUT2D eigenvalue weighted by molar-refractivity contribution is 5.46. The summed E-state index contributed by atoms with van der Waals surface area (Å²) in [6, 6.07) is 0. The summed E-state index contributed by atoms with van der Waals surface area (Å²) in [7, 11) is 0. The van der Waals surface area contributed by atoms with E-state index in [0.717, 1.165) is 6.42 Å². The zero-order valence-corrected chi connectivity index (χ0v) is 8.59. The first-order chi connectivity index (χ1) is 6.18. The fourth-order valence-electron chi connectivity index (χ4n) is 2.33. The van der Waals surface area contributed by atoms with Crippen molar-refractivity contribution in [3.63, 3.8) is 0 Å². The van der Waals surface area contributed by atoms with E-state index in [1.165, 1.54) is 16.7 Å². The SMILES string of the molecule is CC1=CC(C)=C2CC=CC2C(C)=C1. The van der Waals surface area contributed by atoms with E-state index < -0.39 is 0 Å². The highest BCUT2D eigenvalue weighted by atomic mass is 14.2. The van der Waals surface area contributed by atoms with Gasteiger partial charge in [-0.15, -0.1) is 0 Å². The first kappa shape index (κ1) is 8.55. The average Bonchev–Trinajstić information content (AvgIpc) is 2.47. The van der Waals surface area contributed by atoms with Gasteiger partial charge in [0.2, 0.25) is 0 Å². The summed E-state index contributed by atoms with van der Waals surface area (Å²) in [6.45, 7) is 6.64. The molecule has 2 aliphatic carbocycles. The molecular weight excluding hydrogens is 156 g/mol. The molecule has 0 fully saturated rings. The second-order valence-electron chi connectivity index (χ2n) is 4.09. The highest BCUT2D eigenvalue weighted by Crippen LogP contribution is 2.35. The third-order valence-electron chi connectivity index (χ3n) is 2.94. The summed E-state index contributed by atoms with van der Waals surface area (Å²) in [5, 5.41) is 0. The van der Waals surface area contributed by atoms with Crippen molar-refractivity contribution in [2.45, 2.75) is 27.2 Å². The lowest BCUT2D eigenvalue weighted by molar-refractivity contribution is 0.895. The van der Waals surface area contributed by atoms with Gasteiger partial charge in [-0.2, -0.15) is 0 Å². The van der Waals surface area contributed by atoms with E-state index in [1.54, 1.807) is 5.57 Å². The van der Waals surface area contributed by atoms with Crippen molar-refractivity contribution in [1.82, 2.24) is 0 Å². The van der Waals surface area contributed by atoms with E-state index >= 15 is 0 Å². The second-order valence-corrected chi connectivity index (χ2v) is 4.09. The maximum absolute atomic E-state index is 2.33. The van der Waals surface area contributed by atoms with Crippen molar-refractivity contribution in [2.75, 3.05) is 0 Å². The third-order valence-corrected chi connectivity index (χ3v) is 2.94. The van der Waals surface area contributed by atoms with Crippen molar-refractivity contribution in [2.24, 2.45) is 5.92 Å². The molecule has 0 bridgehead atoms. The average molecular weight is 172 g/mol. The lowest BCUT2D eigenvalue weighted by Crippen LogP contribution is -1.98. The summed E-state index contributed by atoms with van der Waals surface area (Å²) in [6.07, 6.45) is 10.4. The van der Waals surface area contributed by atoms with Crippen LogP contribution in [0.1, 0.15) is 27.2 Å². The monoisotopic (exact) mass is 172 g/mol. The minimum Gasteiger partial charge on any atom is -0.0835 e. The Morgan fingerprint density at radius 2 is 1.92 bits per heavy atom. The highest BCUT2D eigenvalue weighted by Gasteiger charge is 2.20. The Morgan fingerprint density at radius 1 is 1.15 bits per heavy atom. The van der Waals surface area contributed by atoms with E-state index in [0.29, 0.717) is 5.92 Å². The van der Waals surface area contributed by atoms with Gasteiger partial charge in [0, 0.05) is 5.92 Å². The van der Waals surface area contributed by atoms with Crippen molar-refractivity contribution in [1.29, 1.82) is 0 Å². The maximum Gasteiger partial charge on any atom is 0.0196 e. The van der Waals surface area contributed by atoms with Gasteiger partial charge < -0.3 is 0 Å².